The van der Waals surface area contributed by atoms with Crippen molar-refractivity contribution in [1.29, 1.82) is 0 Å². The number of oxime groups is 1. The van der Waals surface area contributed by atoms with Gasteiger partial charge in [0.1, 0.15) is 0 Å². The van der Waals surface area contributed by atoms with Gasteiger partial charge in [0.05, 0.1) is 13.3 Å². The van der Waals surface area contributed by atoms with Gasteiger partial charge in [0, 0.05) is 11.6 Å². The Balaban J connectivity index is 1.43. The van der Waals surface area contributed by atoms with Crippen LogP contribution in [0.15, 0.2) is 23.4 Å². The number of halogens is 2. The van der Waals surface area contributed by atoms with Gasteiger partial charge in [-0.2, -0.15) is 8.78 Å². The molecule has 154 valence electrons. The third kappa shape index (κ3) is 5.11. The van der Waals surface area contributed by atoms with E-state index in [2.05, 4.69) is 22.1 Å². The maximum absolute atomic E-state index is 12.3. The molecule has 1 aromatic rings. The van der Waals surface area contributed by atoms with Gasteiger partial charge in [-0.05, 0) is 62.1 Å². The van der Waals surface area contributed by atoms with Crippen molar-refractivity contribution in [2.75, 3.05) is 13.7 Å². The van der Waals surface area contributed by atoms with E-state index in [0.29, 0.717) is 11.5 Å². The Kier molecular flexibility index (Phi) is 6.70. The van der Waals surface area contributed by atoms with Crippen LogP contribution in [0.4, 0.5) is 8.78 Å². The summed E-state index contributed by atoms with van der Waals surface area (Å²) in [6.45, 7) is -1.05. The summed E-state index contributed by atoms with van der Waals surface area (Å²) in [6, 6.07) is 4.52. The van der Waals surface area contributed by atoms with E-state index in [9.17, 15) is 13.6 Å². The number of benzene rings is 1. The maximum atomic E-state index is 12.3. The van der Waals surface area contributed by atoms with Gasteiger partial charge in [0.15, 0.2) is 18.1 Å². The SMILES string of the molecule is COc1cc(C=NOCC(=O)NC(C)C2CC3CCC2C3)ccc1OC(F)F. The molecule has 4 unspecified atom stereocenters. The van der Waals surface area contributed by atoms with Gasteiger partial charge in [-0.15, -0.1) is 0 Å². The third-order valence-corrected chi connectivity index (χ3v) is 5.70. The Hall–Kier alpha value is -2.38. The van der Waals surface area contributed by atoms with Gasteiger partial charge in [0.2, 0.25) is 0 Å². The minimum absolute atomic E-state index is 0.0652. The predicted molar refractivity (Wildman–Crippen MR) is 99.7 cm³/mol. The van der Waals surface area contributed by atoms with E-state index in [0.717, 1.165) is 11.8 Å². The summed E-state index contributed by atoms with van der Waals surface area (Å²) in [6.07, 6.45) is 6.50. The molecule has 28 heavy (non-hydrogen) atoms. The quantitative estimate of drug-likeness (QED) is 0.512. The molecule has 1 aromatic carbocycles. The lowest BCUT2D eigenvalue weighted by Crippen LogP contribution is -2.41. The van der Waals surface area contributed by atoms with Gasteiger partial charge in [0.25, 0.3) is 5.91 Å². The molecule has 8 heteroatoms. The molecule has 2 saturated carbocycles. The van der Waals surface area contributed by atoms with Crippen LogP contribution in [0.5, 0.6) is 11.5 Å². The largest absolute Gasteiger partial charge is 0.493 e. The summed E-state index contributed by atoms with van der Waals surface area (Å²) in [5.74, 6) is 2.03. The Bertz CT molecular complexity index is 713. The third-order valence-electron chi connectivity index (χ3n) is 5.70. The van der Waals surface area contributed by atoms with Crippen LogP contribution in [0.3, 0.4) is 0 Å². The fraction of sp³-hybridized carbons (Fsp3) is 0.600. The summed E-state index contributed by atoms with van der Waals surface area (Å²) >= 11 is 0. The second kappa shape index (κ2) is 9.21. The van der Waals surface area contributed by atoms with Crippen LogP contribution < -0.4 is 14.8 Å². The Morgan fingerprint density at radius 3 is 2.79 bits per heavy atom. The lowest BCUT2D eigenvalue weighted by molar-refractivity contribution is -0.126. The van der Waals surface area contributed by atoms with Crippen LogP contribution >= 0.6 is 0 Å². The van der Waals surface area contributed by atoms with Crippen LogP contribution in [0.2, 0.25) is 0 Å². The number of nitrogens with zero attached hydrogens (tertiary/aromatic N) is 1. The molecule has 6 nitrogen and oxygen atoms in total. The molecule has 2 aliphatic rings. The summed E-state index contributed by atoms with van der Waals surface area (Å²) < 4.78 is 34.0. The summed E-state index contributed by atoms with van der Waals surface area (Å²) in [5.41, 5.74) is 0.564. The topological polar surface area (TPSA) is 69.2 Å². The zero-order valence-electron chi connectivity index (χ0n) is 16.1. The summed E-state index contributed by atoms with van der Waals surface area (Å²) in [4.78, 5) is 17.1. The molecule has 0 radical (unpaired) electrons. The number of hydrogen-bond donors (Lipinski definition) is 1. The highest BCUT2D eigenvalue weighted by Crippen LogP contribution is 2.49. The van der Waals surface area contributed by atoms with Crippen molar-refractivity contribution in [2.45, 2.75) is 45.3 Å². The normalized spacial score (nSPS) is 24.5. The fourth-order valence-corrected chi connectivity index (χ4v) is 4.46. The fourth-order valence-electron chi connectivity index (χ4n) is 4.46. The van der Waals surface area contributed by atoms with Crippen LogP contribution in [-0.2, 0) is 9.63 Å². The first-order valence-electron chi connectivity index (χ1n) is 9.53. The molecule has 0 heterocycles. The first-order chi connectivity index (χ1) is 13.5. The minimum atomic E-state index is -2.93. The number of amides is 1. The molecule has 0 saturated heterocycles. The first kappa shape index (κ1) is 20.4. The van der Waals surface area contributed by atoms with Crippen LogP contribution in [-0.4, -0.2) is 38.5 Å². The van der Waals surface area contributed by atoms with Gasteiger partial charge < -0.3 is 19.6 Å². The first-order valence-corrected chi connectivity index (χ1v) is 9.53. The number of carbonyl (C=O) groups excluding carboxylic acids is 1. The zero-order valence-corrected chi connectivity index (χ0v) is 16.1. The summed E-state index contributed by atoms with van der Waals surface area (Å²) in [5, 5.41) is 6.76. The zero-order chi connectivity index (χ0) is 20.1. The Labute approximate surface area is 163 Å². The molecule has 1 N–H and O–H groups in total. The Morgan fingerprint density at radius 2 is 2.14 bits per heavy atom. The number of rotatable bonds is 9. The van der Waals surface area contributed by atoms with Gasteiger partial charge in [-0.3, -0.25) is 4.79 Å². The molecule has 1 amide bonds. The summed E-state index contributed by atoms with van der Waals surface area (Å²) in [7, 11) is 1.35. The predicted octanol–water partition coefficient (Wildman–Crippen LogP) is 3.59. The van der Waals surface area contributed by atoms with Crippen molar-refractivity contribution in [3.63, 3.8) is 0 Å². The average Bonchev–Trinajstić information content (AvgIpc) is 3.29. The lowest BCUT2D eigenvalue weighted by atomic mass is 9.84. The van der Waals surface area contributed by atoms with E-state index in [1.807, 2.05) is 0 Å². The minimum Gasteiger partial charge on any atom is -0.493 e. The van der Waals surface area contributed by atoms with Crippen molar-refractivity contribution >= 4 is 12.1 Å². The molecule has 2 bridgehead atoms. The van der Waals surface area contributed by atoms with Gasteiger partial charge in [-0.1, -0.05) is 11.6 Å². The van der Waals surface area contributed by atoms with Crippen molar-refractivity contribution in [1.82, 2.24) is 5.32 Å². The number of methoxy groups -OCH3 is 1. The van der Waals surface area contributed by atoms with Gasteiger partial charge in [-0.25, -0.2) is 0 Å². The number of fused-ring (bicyclic) bond motifs is 2. The number of nitrogens with one attached hydrogen (secondary N) is 1. The molecule has 0 aliphatic heterocycles. The van der Waals surface area contributed by atoms with Crippen molar-refractivity contribution in [3.05, 3.63) is 23.8 Å². The highest BCUT2D eigenvalue weighted by molar-refractivity contribution is 5.81. The highest BCUT2D eigenvalue weighted by atomic mass is 19.3. The molecule has 0 spiro atoms. The van der Waals surface area contributed by atoms with E-state index in [1.165, 1.54) is 57.2 Å². The van der Waals surface area contributed by atoms with Gasteiger partial charge >= 0.3 is 6.61 Å². The Morgan fingerprint density at radius 1 is 1.32 bits per heavy atom. The maximum Gasteiger partial charge on any atom is 0.387 e. The second-order valence-corrected chi connectivity index (χ2v) is 7.49. The molecular formula is C20H26F2N2O4. The van der Waals surface area contributed by atoms with E-state index in [1.54, 1.807) is 0 Å². The van der Waals surface area contributed by atoms with E-state index < -0.39 is 6.61 Å². The molecule has 2 fully saturated rings. The molecule has 3 rings (SSSR count). The van der Waals surface area contributed by atoms with E-state index in [4.69, 9.17) is 9.57 Å². The average molecular weight is 396 g/mol. The van der Waals surface area contributed by atoms with Crippen LogP contribution in [0.25, 0.3) is 0 Å². The molecular weight excluding hydrogens is 370 g/mol. The number of hydrogen-bond acceptors (Lipinski definition) is 5. The highest BCUT2D eigenvalue weighted by Gasteiger charge is 2.42. The van der Waals surface area contributed by atoms with Crippen molar-refractivity contribution in [3.8, 4) is 11.5 Å². The van der Waals surface area contributed by atoms with Crippen LogP contribution in [0, 0.1) is 17.8 Å². The monoisotopic (exact) mass is 396 g/mol. The molecule has 2 aliphatic carbocycles. The lowest BCUT2D eigenvalue weighted by Gasteiger charge is -2.28. The standard InChI is InChI=1S/C20H26F2N2O4/c1-12(16-8-13-3-5-15(16)7-13)24-19(25)11-27-23-10-14-4-6-17(28-20(21)22)18(9-14)26-2/h4,6,9-10,12-13,15-16,20H,3,5,7-8,11H2,1-2H3,(H,24,25). The number of alkyl halides is 2. The van der Waals surface area contributed by atoms with Crippen LogP contribution in [0.1, 0.15) is 38.2 Å². The number of carbonyl (C=O) groups is 1. The second-order valence-electron chi connectivity index (χ2n) is 7.49. The van der Waals surface area contributed by atoms with E-state index in [-0.39, 0.29) is 30.1 Å². The number of ether oxygens (including phenoxy) is 2. The smallest absolute Gasteiger partial charge is 0.387 e. The van der Waals surface area contributed by atoms with Crippen molar-refractivity contribution in [2.24, 2.45) is 22.9 Å². The van der Waals surface area contributed by atoms with E-state index >= 15 is 0 Å². The van der Waals surface area contributed by atoms with Crippen molar-refractivity contribution < 1.29 is 27.9 Å². The molecule has 4 atom stereocenters. The molecule has 0 aromatic heterocycles.